The maximum absolute atomic E-state index is 10.1. The third-order valence-corrected chi connectivity index (χ3v) is 3.35. The molecule has 7 heteroatoms. The Labute approximate surface area is 124 Å². The molecule has 0 aromatic carbocycles. The van der Waals surface area contributed by atoms with Gasteiger partial charge in [-0.1, -0.05) is 12.6 Å². The molecule has 0 unspecified atom stereocenters. The molecule has 0 aliphatic rings. The Hall–Kier alpha value is -0.473. The predicted octanol–water partition coefficient (Wildman–Crippen LogP) is -1.70. The van der Waals surface area contributed by atoms with Crippen LogP contribution in [0.4, 0.5) is 0 Å². The quantitative estimate of drug-likeness (QED) is 0.271. The van der Waals surface area contributed by atoms with E-state index in [2.05, 4.69) is 11.9 Å². The van der Waals surface area contributed by atoms with Crippen molar-refractivity contribution in [2.45, 2.75) is 25.4 Å². The van der Waals surface area contributed by atoms with Crippen LogP contribution in [-0.4, -0.2) is 68.2 Å². The number of rotatable bonds is 16. The highest BCUT2D eigenvalue weighted by Gasteiger charge is 1.94. The van der Waals surface area contributed by atoms with Crippen LogP contribution in [0.1, 0.15) is 12.8 Å². The third-order valence-electron chi connectivity index (χ3n) is 2.50. The van der Waals surface area contributed by atoms with Gasteiger partial charge < -0.3 is 29.4 Å². The number of carbonyl (C=O) groups excluding carboxylic acids is 1. The van der Waals surface area contributed by atoms with Crippen molar-refractivity contribution in [2.75, 3.05) is 52.7 Å². The van der Waals surface area contributed by atoms with Crippen molar-refractivity contribution in [2.24, 2.45) is 0 Å². The molecule has 0 aliphatic heterocycles. The topological polar surface area (TPSA) is 84.4 Å². The smallest absolute Gasteiger partial charge is 0.0993 e. The molecule has 0 spiro atoms. The summed E-state index contributed by atoms with van der Waals surface area (Å²) in [4.78, 5) is 10.1. The Bertz CT molecular complexity index is 219. The minimum Gasteiger partial charge on any atom is -0.550 e. The minimum atomic E-state index is -1.09. The van der Waals surface area contributed by atoms with Crippen molar-refractivity contribution in [1.82, 2.24) is 0 Å². The Morgan fingerprint density at radius 2 is 1.60 bits per heavy atom. The first-order valence-electron chi connectivity index (χ1n) is 7.16. The van der Waals surface area contributed by atoms with E-state index in [1.54, 1.807) is 0 Å². The SMILES string of the molecule is C[Si]CCC[NH2+]CCOCCOCCOCCC(=O)[O-]. The van der Waals surface area contributed by atoms with Crippen LogP contribution in [0.5, 0.6) is 0 Å². The molecule has 20 heavy (non-hydrogen) atoms. The van der Waals surface area contributed by atoms with E-state index in [1.807, 2.05) is 0 Å². The lowest BCUT2D eigenvalue weighted by molar-refractivity contribution is -0.656. The van der Waals surface area contributed by atoms with Crippen molar-refractivity contribution >= 4 is 15.5 Å². The molecule has 2 N–H and O–H groups in total. The van der Waals surface area contributed by atoms with Crippen LogP contribution in [0.25, 0.3) is 0 Å². The molecule has 6 nitrogen and oxygen atoms in total. The molecule has 0 amide bonds. The van der Waals surface area contributed by atoms with E-state index in [1.165, 1.54) is 19.0 Å². The van der Waals surface area contributed by atoms with Gasteiger partial charge in [0.2, 0.25) is 0 Å². The number of carboxylic acid groups (broad SMARTS) is 1. The van der Waals surface area contributed by atoms with Crippen LogP contribution in [0, 0.1) is 0 Å². The van der Waals surface area contributed by atoms with Crippen LogP contribution in [0.2, 0.25) is 12.6 Å². The number of quaternary nitrogens is 1. The molecule has 0 heterocycles. The van der Waals surface area contributed by atoms with Crippen molar-refractivity contribution in [3.8, 4) is 0 Å². The molecular weight excluding hydrogens is 278 g/mol. The number of hydrogen-bond donors (Lipinski definition) is 1. The fourth-order valence-corrected chi connectivity index (χ4v) is 1.99. The normalized spacial score (nSPS) is 10.8. The first kappa shape index (κ1) is 19.5. The summed E-state index contributed by atoms with van der Waals surface area (Å²) in [7, 11) is 1.06. The molecule has 0 atom stereocenters. The molecule has 0 aliphatic carbocycles. The molecule has 0 rings (SSSR count). The standard InChI is InChI=1S/C13H27NO5Si/c1-20-12-2-4-14-5-7-18-9-11-19-10-8-17-6-3-13(15)16/h14H,2-12H2,1H3,(H,15,16). The second-order valence-corrected chi connectivity index (χ2v) is 5.49. The number of ether oxygens (including phenoxy) is 3. The molecule has 0 saturated heterocycles. The van der Waals surface area contributed by atoms with Gasteiger partial charge in [0.05, 0.1) is 52.7 Å². The maximum atomic E-state index is 10.1. The van der Waals surface area contributed by atoms with Gasteiger partial charge in [0.1, 0.15) is 0 Å². The summed E-state index contributed by atoms with van der Waals surface area (Å²) in [5, 5.41) is 12.4. The van der Waals surface area contributed by atoms with Crippen molar-refractivity contribution < 1.29 is 29.4 Å². The number of carboxylic acids is 1. The number of hydrogen-bond acceptors (Lipinski definition) is 5. The summed E-state index contributed by atoms with van der Waals surface area (Å²) in [6, 6.07) is 1.33. The lowest BCUT2D eigenvalue weighted by Gasteiger charge is -2.07. The third kappa shape index (κ3) is 17.5. The lowest BCUT2D eigenvalue weighted by Crippen LogP contribution is -2.85. The number of nitrogens with two attached hydrogens (primary N) is 1. The average molecular weight is 305 g/mol. The first-order valence-corrected chi connectivity index (χ1v) is 8.87. The van der Waals surface area contributed by atoms with Crippen LogP contribution in [0.3, 0.4) is 0 Å². The Morgan fingerprint density at radius 3 is 2.20 bits per heavy atom. The van der Waals surface area contributed by atoms with E-state index in [0.717, 1.165) is 22.7 Å². The van der Waals surface area contributed by atoms with Gasteiger partial charge in [0, 0.05) is 21.9 Å². The van der Waals surface area contributed by atoms with Crippen molar-refractivity contribution in [1.29, 1.82) is 0 Å². The van der Waals surface area contributed by atoms with Gasteiger partial charge in [0.25, 0.3) is 0 Å². The highest BCUT2D eigenvalue weighted by molar-refractivity contribution is 6.33. The van der Waals surface area contributed by atoms with Gasteiger partial charge in [-0.15, -0.1) is 0 Å². The fraction of sp³-hybridized carbons (Fsp3) is 0.923. The molecular formula is C13H27NO5Si. The second kappa shape index (κ2) is 16.6. The molecule has 0 bridgehead atoms. The van der Waals surface area contributed by atoms with E-state index in [9.17, 15) is 9.90 Å². The van der Waals surface area contributed by atoms with Crippen molar-refractivity contribution in [3.63, 3.8) is 0 Å². The first-order chi connectivity index (χ1) is 9.77. The minimum absolute atomic E-state index is 0.0711. The highest BCUT2D eigenvalue weighted by Crippen LogP contribution is 1.84. The molecule has 0 aromatic rings. The Kier molecular flexibility index (Phi) is 16.2. The van der Waals surface area contributed by atoms with E-state index in [4.69, 9.17) is 14.2 Å². The van der Waals surface area contributed by atoms with Gasteiger partial charge in [-0.2, -0.15) is 0 Å². The van der Waals surface area contributed by atoms with E-state index < -0.39 is 5.97 Å². The Balaban J connectivity index is 2.94. The van der Waals surface area contributed by atoms with Crippen LogP contribution >= 0.6 is 0 Å². The van der Waals surface area contributed by atoms with Crippen LogP contribution in [0.15, 0.2) is 0 Å². The van der Waals surface area contributed by atoms with Crippen LogP contribution in [-0.2, 0) is 19.0 Å². The number of aliphatic carboxylic acids is 1. The van der Waals surface area contributed by atoms with Crippen molar-refractivity contribution in [3.05, 3.63) is 0 Å². The van der Waals surface area contributed by atoms with E-state index in [0.29, 0.717) is 26.4 Å². The molecule has 0 aromatic heterocycles. The highest BCUT2D eigenvalue weighted by atomic mass is 28.2. The fourth-order valence-electron chi connectivity index (χ4n) is 1.43. The molecule has 118 valence electrons. The summed E-state index contributed by atoms with van der Waals surface area (Å²) in [6.45, 7) is 7.33. The second-order valence-electron chi connectivity index (χ2n) is 4.28. The monoisotopic (exact) mass is 305 g/mol. The zero-order valence-corrected chi connectivity index (χ0v) is 13.4. The zero-order valence-electron chi connectivity index (χ0n) is 12.4. The van der Waals surface area contributed by atoms with Gasteiger partial charge >= 0.3 is 0 Å². The van der Waals surface area contributed by atoms with E-state index >= 15 is 0 Å². The van der Waals surface area contributed by atoms with Gasteiger partial charge in [0.15, 0.2) is 0 Å². The van der Waals surface area contributed by atoms with Gasteiger partial charge in [-0.25, -0.2) is 0 Å². The zero-order chi connectivity index (χ0) is 14.9. The molecule has 0 fully saturated rings. The molecule has 2 radical (unpaired) electrons. The number of carbonyl (C=O) groups is 1. The van der Waals surface area contributed by atoms with E-state index in [-0.39, 0.29) is 13.0 Å². The summed E-state index contributed by atoms with van der Waals surface area (Å²) < 4.78 is 15.7. The lowest BCUT2D eigenvalue weighted by atomic mass is 10.5. The molecule has 0 saturated carbocycles. The Morgan fingerprint density at radius 1 is 1.00 bits per heavy atom. The average Bonchev–Trinajstić information content (AvgIpc) is 2.43. The summed E-state index contributed by atoms with van der Waals surface area (Å²) in [6.07, 6.45) is 1.22. The largest absolute Gasteiger partial charge is 0.550 e. The maximum Gasteiger partial charge on any atom is 0.0993 e. The summed E-state index contributed by atoms with van der Waals surface area (Å²) >= 11 is 0. The summed E-state index contributed by atoms with van der Waals surface area (Å²) in [5.41, 5.74) is 0. The van der Waals surface area contributed by atoms with Crippen LogP contribution < -0.4 is 10.4 Å². The summed E-state index contributed by atoms with van der Waals surface area (Å²) in [5.74, 6) is -1.09. The van der Waals surface area contributed by atoms with Gasteiger partial charge in [-0.05, 0) is 6.42 Å². The van der Waals surface area contributed by atoms with Gasteiger partial charge in [-0.3, -0.25) is 0 Å². The predicted molar refractivity (Wildman–Crippen MR) is 74.8 cm³/mol.